The van der Waals surface area contributed by atoms with E-state index in [-0.39, 0.29) is 5.54 Å². The third-order valence-corrected chi connectivity index (χ3v) is 5.97. The molecule has 3 aliphatic rings. The molecular formula is C14H24N2OS. The molecule has 2 saturated carbocycles. The minimum Gasteiger partial charge on any atom is -0.321 e. The average molecular weight is 268 g/mol. The molecule has 18 heavy (non-hydrogen) atoms. The van der Waals surface area contributed by atoms with Gasteiger partial charge in [-0.1, -0.05) is 19.8 Å². The van der Waals surface area contributed by atoms with Crippen molar-refractivity contribution in [3.05, 3.63) is 0 Å². The van der Waals surface area contributed by atoms with Crippen LogP contribution in [-0.4, -0.2) is 40.1 Å². The Balaban J connectivity index is 1.81. The summed E-state index contributed by atoms with van der Waals surface area (Å²) in [6.45, 7) is 2.21. The van der Waals surface area contributed by atoms with E-state index in [1.807, 2.05) is 11.8 Å². The molecule has 3 nitrogen and oxygen atoms in total. The maximum Gasteiger partial charge on any atom is 0.244 e. The van der Waals surface area contributed by atoms with Gasteiger partial charge in [-0.25, -0.2) is 0 Å². The Hall–Kier alpha value is -0.220. The zero-order valence-electron chi connectivity index (χ0n) is 11.4. The standard InChI is InChI=1S/C14H24N2OS/c1-3-5-12-15-14(8-9-14)13(17)16(12)10-6-4-7-11(10)18-2/h10-12,15H,3-9H2,1-2H3. The van der Waals surface area contributed by atoms with Gasteiger partial charge in [0.25, 0.3) is 0 Å². The Kier molecular flexibility index (Phi) is 3.35. The van der Waals surface area contributed by atoms with E-state index in [0.29, 0.717) is 23.4 Å². The quantitative estimate of drug-likeness (QED) is 0.849. The van der Waals surface area contributed by atoms with Gasteiger partial charge in [-0.15, -0.1) is 0 Å². The van der Waals surface area contributed by atoms with Gasteiger partial charge in [-0.2, -0.15) is 11.8 Å². The van der Waals surface area contributed by atoms with Crippen LogP contribution in [0.1, 0.15) is 51.9 Å². The molecule has 102 valence electrons. The van der Waals surface area contributed by atoms with E-state index in [9.17, 15) is 4.79 Å². The number of carbonyl (C=O) groups is 1. The lowest BCUT2D eigenvalue weighted by Gasteiger charge is -2.33. The predicted molar refractivity (Wildman–Crippen MR) is 75.6 cm³/mol. The molecular weight excluding hydrogens is 244 g/mol. The highest BCUT2D eigenvalue weighted by molar-refractivity contribution is 7.99. The van der Waals surface area contributed by atoms with Crippen LogP contribution in [0, 0.1) is 0 Å². The average Bonchev–Trinajstić information content (AvgIpc) is 2.91. The van der Waals surface area contributed by atoms with Gasteiger partial charge in [-0.05, 0) is 38.4 Å². The van der Waals surface area contributed by atoms with Crippen LogP contribution < -0.4 is 5.32 Å². The topological polar surface area (TPSA) is 32.3 Å². The van der Waals surface area contributed by atoms with E-state index < -0.39 is 0 Å². The molecule has 1 amide bonds. The van der Waals surface area contributed by atoms with E-state index in [1.54, 1.807) is 0 Å². The van der Waals surface area contributed by atoms with E-state index in [1.165, 1.54) is 19.3 Å². The minimum atomic E-state index is -0.134. The first-order chi connectivity index (χ1) is 8.72. The molecule has 0 aromatic carbocycles. The summed E-state index contributed by atoms with van der Waals surface area (Å²) in [5.74, 6) is 0.409. The number of nitrogens with one attached hydrogen (secondary N) is 1. The SMILES string of the molecule is CCCC1NC2(CC2)C(=O)N1C1CCCC1SC. The molecule has 3 atom stereocenters. The first-order valence-corrected chi connectivity index (χ1v) is 8.64. The van der Waals surface area contributed by atoms with E-state index in [4.69, 9.17) is 0 Å². The third-order valence-electron chi connectivity index (χ3n) is 4.81. The normalized spacial score (nSPS) is 37.8. The molecule has 1 saturated heterocycles. The Labute approximate surface area is 114 Å². The summed E-state index contributed by atoms with van der Waals surface area (Å²) in [6, 6.07) is 0.483. The lowest BCUT2D eigenvalue weighted by atomic mass is 10.1. The number of hydrogen-bond acceptors (Lipinski definition) is 3. The van der Waals surface area contributed by atoms with E-state index in [0.717, 1.165) is 25.7 Å². The van der Waals surface area contributed by atoms with Crippen LogP contribution in [0.25, 0.3) is 0 Å². The molecule has 1 N–H and O–H groups in total. The molecule has 1 spiro atoms. The number of thioether (sulfide) groups is 1. The van der Waals surface area contributed by atoms with Crippen LogP contribution in [0.4, 0.5) is 0 Å². The second kappa shape index (κ2) is 4.71. The largest absolute Gasteiger partial charge is 0.321 e. The third kappa shape index (κ3) is 1.88. The summed E-state index contributed by atoms with van der Waals surface area (Å²) in [6.07, 6.45) is 10.6. The Morgan fingerprint density at radius 2 is 2.22 bits per heavy atom. The van der Waals surface area contributed by atoms with Crippen molar-refractivity contribution >= 4 is 17.7 Å². The number of rotatable bonds is 4. The summed E-state index contributed by atoms with van der Waals surface area (Å²) in [7, 11) is 0. The van der Waals surface area contributed by atoms with Gasteiger partial charge in [0.05, 0.1) is 11.7 Å². The molecule has 1 aliphatic heterocycles. The first-order valence-electron chi connectivity index (χ1n) is 7.35. The lowest BCUT2D eigenvalue weighted by Crippen LogP contribution is -2.47. The molecule has 3 fully saturated rings. The molecule has 0 aromatic heterocycles. The van der Waals surface area contributed by atoms with Gasteiger partial charge >= 0.3 is 0 Å². The van der Waals surface area contributed by atoms with Crippen molar-refractivity contribution in [3.63, 3.8) is 0 Å². The summed E-state index contributed by atoms with van der Waals surface area (Å²) >= 11 is 1.95. The highest BCUT2D eigenvalue weighted by Gasteiger charge is 2.60. The molecule has 4 heteroatoms. The Morgan fingerprint density at radius 3 is 2.83 bits per heavy atom. The molecule has 0 radical (unpaired) electrons. The van der Waals surface area contributed by atoms with Crippen LogP contribution in [0.2, 0.25) is 0 Å². The Morgan fingerprint density at radius 1 is 1.44 bits per heavy atom. The zero-order valence-corrected chi connectivity index (χ0v) is 12.3. The monoisotopic (exact) mass is 268 g/mol. The van der Waals surface area contributed by atoms with Crippen molar-refractivity contribution in [2.75, 3.05) is 6.26 Å². The Bertz CT molecular complexity index is 343. The number of carbonyl (C=O) groups excluding carboxylic acids is 1. The zero-order chi connectivity index (χ0) is 12.8. The van der Waals surface area contributed by atoms with Crippen molar-refractivity contribution in [1.29, 1.82) is 0 Å². The molecule has 2 aliphatic carbocycles. The van der Waals surface area contributed by atoms with Crippen LogP contribution in [0.15, 0.2) is 0 Å². The molecule has 0 aromatic rings. The van der Waals surface area contributed by atoms with Gasteiger partial charge < -0.3 is 4.90 Å². The van der Waals surface area contributed by atoms with Crippen molar-refractivity contribution < 1.29 is 4.79 Å². The molecule has 0 bridgehead atoms. The summed E-state index contributed by atoms with van der Waals surface area (Å²) < 4.78 is 0. The van der Waals surface area contributed by atoms with Crippen LogP contribution >= 0.6 is 11.8 Å². The smallest absolute Gasteiger partial charge is 0.244 e. The van der Waals surface area contributed by atoms with Crippen molar-refractivity contribution in [2.24, 2.45) is 0 Å². The second-order valence-electron chi connectivity index (χ2n) is 6.02. The van der Waals surface area contributed by atoms with Crippen LogP contribution in [0.3, 0.4) is 0 Å². The van der Waals surface area contributed by atoms with Gasteiger partial charge in [0.15, 0.2) is 0 Å². The molecule has 3 rings (SSSR count). The van der Waals surface area contributed by atoms with E-state index in [2.05, 4.69) is 23.4 Å². The second-order valence-corrected chi connectivity index (χ2v) is 7.09. The highest BCUT2D eigenvalue weighted by atomic mass is 32.2. The van der Waals surface area contributed by atoms with Crippen molar-refractivity contribution in [1.82, 2.24) is 10.2 Å². The number of amides is 1. The maximum atomic E-state index is 12.7. The maximum absolute atomic E-state index is 12.7. The molecule has 1 heterocycles. The first kappa shape index (κ1) is 12.8. The van der Waals surface area contributed by atoms with Gasteiger partial charge in [0.1, 0.15) is 0 Å². The fourth-order valence-electron chi connectivity index (χ4n) is 3.69. The number of nitrogens with zero attached hydrogens (tertiary/aromatic N) is 1. The lowest BCUT2D eigenvalue weighted by molar-refractivity contribution is -0.132. The fourth-order valence-corrected chi connectivity index (χ4v) is 4.67. The predicted octanol–water partition coefficient (Wildman–Crippen LogP) is 2.36. The minimum absolute atomic E-state index is 0.134. The summed E-state index contributed by atoms with van der Waals surface area (Å²) in [5.41, 5.74) is -0.134. The van der Waals surface area contributed by atoms with Crippen LogP contribution in [0.5, 0.6) is 0 Å². The van der Waals surface area contributed by atoms with Crippen LogP contribution in [-0.2, 0) is 4.79 Å². The summed E-state index contributed by atoms with van der Waals surface area (Å²) in [4.78, 5) is 14.9. The summed E-state index contributed by atoms with van der Waals surface area (Å²) in [5, 5.41) is 4.29. The molecule has 3 unspecified atom stereocenters. The van der Waals surface area contributed by atoms with Gasteiger partial charge in [0.2, 0.25) is 5.91 Å². The number of hydrogen-bond donors (Lipinski definition) is 1. The van der Waals surface area contributed by atoms with Gasteiger partial charge in [0, 0.05) is 11.3 Å². The van der Waals surface area contributed by atoms with Crippen molar-refractivity contribution in [3.8, 4) is 0 Å². The highest BCUT2D eigenvalue weighted by Crippen LogP contribution is 2.46. The van der Waals surface area contributed by atoms with Crippen molar-refractivity contribution in [2.45, 2.75) is 74.9 Å². The fraction of sp³-hybridized carbons (Fsp3) is 0.929. The van der Waals surface area contributed by atoms with E-state index >= 15 is 0 Å². The van der Waals surface area contributed by atoms with Gasteiger partial charge in [-0.3, -0.25) is 10.1 Å².